The summed E-state index contributed by atoms with van der Waals surface area (Å²) in [6.07, 6.45) is 7.30. The van der Waals surface area contributed by atoms with Crippen molar-refractivity contribution in [1.29, 1.82) is 0 Å². The van der Waals surface area contributed by atoms with Gasteiger partial charge in [0.2, 0.25) is 10.0 Å². The predicted octanol–water partition coefficient (Wildman–Crippen LogP) is 1.77. The Hall–Kier alpha value is -2.69. The first-order chi connectivity index (χ1) is 15.5. The highest BCUT2D eigenvalue weighted by atomic mass is 32.2. The summed E-state index contributed by atoms with van der Waals surface area (Å²) in [5.74, 6) is 1.56. The van der Waals surface area contributed by atoms with Crippen LogP contribution in [-0.4, -0.2) is 75.2 Å². The van der Waals surface area contributed by atoms with Crippen LogP contribution < -0.4 is 14.4 Å². The van der Waals surface area contributed by atoms with Gasteiger partial charge in [-0.25, -0.2) is 23.1 Å². The third kappa shape index (κ3) is 5.20. The molecule has 32 heavy (non-hydrogen) atoms. The Kier molecular flexibility index (Phi) is 6.92. The molecule has 2 aromatic heterocycles. The van der Waals surface area contributed by atoms with Crippen molar-refractivity contribution in [3.05, 3.63) is 48.0 Å². The molecular weight excluding hydrogens is 428 g/mol. The van der Waals surface area contributed by atoms with Crippen molar-refractivity contribution in [3.8, 4) is 5.75 Å². The van der Waals surface area contributed by atoms with E-state index in [1.807, 2.05) is 24.4 Å². The van der Waals surface area contributed by atoms with Crippen molar-refractivity contribution in [3.63, 3.8) is 0 Å². The van der Waals surface area contributed by atoms with E-state index in [9.17, 15) is 8.42 Å². The molecule has 0 amide bonds. The fraction of sp³-hybridized carbons (Fsp3) is 0.455. The van der Waals surface area contributed by atoms with Gasteiger partial charge in [0.05, 0.1) is 19.1 Å². The molecule has 4 rings (SSSR count). The summed E-state index contributed by atoms with van der Waals surface area (Å²) in [5, 5.41) is 1.11. The van der Waals surface area contributed by atoms with E-state index in [-0.39, 0.29) is 5.75 Å². The van der Waals surface area contributed by atoms with Gasteiger partial charge in [0.25, 0.3) is 0 Å². The molecule has 1 aliphatic rings. The number of rotatable bonds is 9. The van der Waals surface area contributed by atoms with Crippen molar-refractivity contribution >= 4 is 26.7 Å². The third-order valence-electron chi connectivity index (χ3n) is 5.97. The predicted molar refractivity (Wildman–Crippen MR) is 126 cm³/mol. The van der Waals surface area contributed by atoms with Gasteiger partial charge in [0.15, 0.2) is 11.6 Å². The van der Waals surface area contributed by atoms with Gasteiger partial charge in [-0.15, -0.1) is 0 Å². The molecule has 0 saturated carbocycles. The van der Waals surface area contributed by atoms with E-state index in [2.05, 4.69) is 29.5 Å². The minimum Gasteiger partial charge on any atom is -0.491 e. The lowest BCUT2D eigenvalue weighted by Crippen LogP contribution is -2.47. The van der Waals surface area contributed by atoms with Gasteiger partial charge in [-0.05, 0) is 49.7 Å². The number of aromatic amines is 1. The van der Waals surface area contributed by atoms with Crippen molar-refractivity contribution in [2.45, 2.75) is 18.6 Å². The van der Waals surface area contributed by atoms with Gasteiger partial charge in [-0.2, -0.15) is 0 Å². The molecule has 0 bridgehead atoms. The van der Waals surface area contributed by atoms with Crippen molar-refractivity contribution in [2.24, 2.45) is 0 Å². The molecule has 1 aromatic carbocycles. The van der Waals surface area contributed by atoms with Crippen molar-refractivity contribution in [2.75, 3.05) is 51.8 Å². The maximum atomic E-state index is 11.9. The fourth-order valence-electron chi connectivity index (χ4n) is 4.18. The van der Waals surface area contributed by atoms with Crippen LogP contribution in [0.5, 0.6) is 5.75 Å². The molecule has 1 aliphatic heterocycles. The molecule has 3 heterocycles. The van der Waals surface area contributed by atoms with Crippen molar-refractivity contribution in [1.82, 2.24) is 24.6 Å². The minimum atomic E-state index is -3.28. The van der Waals surface area contributed by atoms with Crippen LogP contribution in [0.15, 0.2) is 36.9 Å². The smallest absolute Gasteiger partial charge is 0.215 e. The van der Waals surface area contributed by atoms with E-state index in [4.69, 9.17) is 4.74 Å². The van der Waals surface area contributed by atoms with Crippen LogP contribution in [0.25, 0.3) is 10.9 Å². The summed E-state index contributed by atoms with van der Waals surface area (Å²) >= 11 is 0. The molecule has 2 N–H and O–H groups in total. The highest BCUT2D eigenvalue weighted by Gasteiger charge is 2.20. The number of aromatic nitrogens is 3. The van der Waals surface area contributed by atoms with Gasteiger partial charge in [-0.1, -0.05) is 6.07 Å². The second-order valence-corrected chi connectivity index (χ2v) is 9.93. The van der Waals surface area contributed by atoms with Gasteiger partial charge in [-0.3, -0.25) is 4.90 Å². The Morgan fingerprint density at radius 3 is 2.78 bits per heavy atom. The Morgan fingerprint density at radius 1 is 1.22 bits per heavy atom. The topological polar surface area (TPSA) is 103 Å². The quantitative estimate of drug-likeness (QED) is 0.504. The first-order valence-corrected chi connectivity index (χ1v) is 12.5. The van der Waals surface area contributed by atoms with Crippen molar-refractivity contribution < 1.29 is 13.2 Å². The Labute approximate surface area is 188 Å². The number of benzene rings is 1. The molecule has 3 aromatic rings. The summed E-state index contributed by atoms with van der Waals surface area (Å²) in [7, 11) is -0.196. The zero-order valence-electron chi connectivity index (χ0n) is 18.5. The largest absolute Gasteiger partial charge is 0.491 e. The number of fused-ring (bicyclic) bond motifs is 1. The number of hydrogen-bond donors (Lipinski definition) is 2. The van der Waals surface area contributed by atoms with E-state index in [0.29, 0.717) is 5.75 Å². The van der Waals surface area contributed by atoms with E-state index < -0.39 is 10.0 Å². The summed E-state index contributed by atoms with van der Waals surface area (Å²) in [5.41, 5.74) is 3.06. The summed E-state index contributed by atoms with van der Waals surface area (Å²) < 4.78 is 31.5. The number of nitrogens with zero attached hydrogens (tertiary/aromatic N) is 4. The second kappa shape index (κ2) is 9.85. The van der Waals surface area contributed by atoms with Crippen LogP contribution in [0.4, 0.5) is 5.82 Å². The van der Waals surface area contributed by atoms with Gasteiger partial charge in [0, 0.05) is 43.3 Å². The summed E-state index contributed by atoms with van der Waals surface area (Å²) in [6.45, 7) is 4.79. The molecule has 0 spiro atoms. The molecule has 0 radical (unpaired) electrons. The number of H-pyrrole nitrogens is 1. The lowest BCUT2D eigenvalue weighted by Gasteiger charge is -2.35. The maximum Gasteiger partial charge on any atom is 0.215 e. The Bertz CT molecular complexity index is 1160. The van der Waals surface area contributed by atoms with E-state index in [0.717, 1.165) is 67.8 Å². The average molecular weight is 459 g/mol. The molecule has 0 atom stereocenters. The van der Waals surface area contributed by atoms with E-state index in [1.165, 1.54) is 12.6 Å². The van der Waals surface area contributed by atoms with Crippen LogP contribution in [0.3, 0.4) is 0 Å². The molecule has 1 fully saturated rings. The highest BCUT2D eigenvalue weighted by molar-refractivity contribution is 7.88. The van der Waals surface area contributed by atoms with Gasteiger partial charge in [0.1, 0.15) is 6.33 Å². The Morgan fingerprint density at radius 2 is 2.03 bits per heavy atom. The third-order valence-corrected chi connectivity index (χ3v) is 7.31. The number of ether oxygens (including phenoxy) is 1. The summed E-state index contributed by atoms with van der Waals surface area (Å²) in [6, 6.07) is 5.81. The minimum absolute atomic E-state index is 0.00847. The number of nitrogens with one attached hydrogen (secondary N) is 2. The lowest BCUT2D eigenvalue weighted by atomic mass is 10.1. The first-order valence-electron chi connectivity index (χ1n) is 10.8. The molecule has 0 aliphatic carbocycles. The van der Waals surface area contributed by atoms with Gasteiger partial charge < -0.3 is 14.6 Å². The molecule has 1 saturated heterocycles. The number of sulfonamides is 1. The zero-order valence-corrected chi connectivity index (χ0v) is 19.4. The van der Waals surface area contributed by atoms with Crippen LogP contribution in [0.1, 0.15) is 17.5 Å². The number of piperazine rings is 1. The zero-order chi connectivity index (χ0) is 22.6. The van der Waals surface area contributed by atoms with E-state index in [1.54, 1.807) is 19.6 Å². The lowest BCUT2D eigenvalue weighted by molar-refractivity contribution is 0.253. The molecule has 0 unspecified atom stereocenters. The van der Waals surface area contributed by atoms with Gasteiger partial charge >= 0.3 is 0 Å². The molecule has 172 valence electrons. The van der Waals surface area contributed by atoms with E-state index >= 15 is 0 Å². The molecule has 9 nitrogen and oxygen atoms in total. The van der Waals surface area contributed by atoms with Crippen LogP contribution >= 0.6 is 0 Å². The number of hydrogen-bond acceptors (Lipinski definition) is 7. The van der Waals surface area contributed by atoms with Crippen LogP contribution in [0, 0.1) is 0 Å². The highest BCUT2D eigenvalue weighted by Crippen LogP contribution is 2.25. The maximum absolute atomic E-state index is 11.9. The second-order valence-electron chi connectivity index (χ2n) is 8.00. The monoisotopic (exact) mass is 458 g/mol. The number of methoxy groups -OCH3 is 1. The Balaban J connectivity index is 1.31. The first kappa shape index (κ1) is 22.5. The average Bonchev–Trinajstić information content (AvgIpc) is 3.21. The number of aryl methyl sites for hydroxylation is 1. The molecule has 10 heteroatoms. The fourth-order valence-corrected chi connectivity index (χ4v) is 4.94. The van der Waals surface area contributed by atoms with Crippen LogP contribution in [0.2, 0.25) is 0 Å². The van der Waals surface area contributed by atoms with Crippen LogP contribution in [-0.2, 0) is 22.2 Å². The summed E-state index contributed by atoms with van der Waals surface area (Å²) in [4.78, 5) is 16.4. The standard InChI is InChI=1S/C22H30N6O3S/c1-23-32(29,30)15-17-5-6-20-19(12-17)18(13-25-20)4-3-7-27-8-10-28(11-9-27)22-21(31-2)14-24-16-26-22/h5-6,12-14,16,23,25H,3-4,7-11,15H2,1-2H3. The normalized spacial score (nSPS) is 15.4. The molecular formula is C22H30N6O3S. The SMILES string of the molecule is CNS(=O)(=O)Cc1ccc2[nH]cc(CCCN3CCN(c4ncncc4OC)CC3)c2c1. The number of anilines is 1.